The molecule has 8 nitrogen and oxygen atoms in total. The van der Waals surface area contributed by atoms with Gasteiger partial charge in [-0.05, 0) is 51.4 Å². The molecule has 1 amide bonds. The molecule has 0 aromatic carbocycles. The maximum Gasteiger partial charge on any atom is 0.472 e. The van der Waals surface area contributed by atoms with E-state index in [0.29, 0.717) is 6.42 Å². The summed E-state index contributed by atoms with van der Waals surface area (Å²) in [6.45, 7) is 3.99. The lowest BCUT2D eigenvalue weighted by Crippen LogP contribution is -2.45. The van der Waals surface area contributed by atoms with E-state index in [1.54, 1.807) is 6.08 Å². The third-order valence-corrected chi connectivity index (χ3v) is 9.15. The minimum absolute atomic E-state index is 0.0729. The van der Waals surface area contributed by atoms with Gasteiger partial charge in [0.05, 0.1) is 25.4 Å². The van der Waals surface area contributed by atoms with Crippen molar-refractivity contribution in [2.45, 2.75) is 180 Å². The number of aliphatic hydroxyl groups excluding tert-OH is 1. The Bertz CT molecular complexity index is 835. The van der Waals surface area contributed by atoms with Crippen LogP contribution in [-0.2, 0) is 18.4 Å². The predicted octanol–water partition coefficient (Wildman–Crippen LogP) is 10.00. The summed E-state index contributed by atoms with van der Waals surface area (Å²) in [7, 11) is -4.33. The van der Waals surface area contributed by atoms with Gasteiger partial charge in [0.2, 0.25) is 5.91 Å². The van der Waals surface area contributed by atoms with E-state index in [1.807, 2.05) is 6.08 Å². The molecule has 0 bridgehead atoms. The topological polar surface area (TPSA) is 131 Å². The maximum absolute atomic E-state index is 12.6. The minimum atomic E-state index is -4.33. The quantitative estimate of drug-likeness (QED) is 0.0297. The predicted molar refractivity (Wildman–Crippen MR) is 198 cm³/mol. The Balaban J connectivity index is 4.08. The van der Waals surface area contributed by atoms with E-state index in [2.05, 4.69) is 43.5 Å². The van der Waals surface area contributed by atoms with Crippen molar-refractivity contribution in [1.29, 1.82) is 0 Å². The first kappa shape index (κ1) is 45.7. The van der Waals surface area contributed by atoms with Gasteiger partial charge in [-0.15, -0.1) is 0 Å². The van der Waals surface area contributed by atoms with E-state index in [9.17, 15) is 19.4 Å². The van der Waals surface area contributed by atoms with Crippen LogP contribution in [0.1, 0.15) is 168 Å². The lowest BCUT2D eigenvalue weighted by Gasteiger charge is -2.23. The molecule has 0 rings (SSSR count). The molecular formula is C38H73N2O6P. The number of nitrogens with two attached hydrogens (primary N) is 1. The van der Waals surface area contributed by atoms with Crippen LogP contribution in [0.4, 0.5) is 0 Å². The number of phosphoric ester groups is 1. The van der Waals surface area contributed by atoms with E-state index in [1.165, 1.54) is 103 Å². The molecule has 0 saturated carbocycles. The molecule has 9 heteroatoms. The molecule has 5 N–H and O–H groups in total. The van der Waals surface area contributed by atoms with Crippen LogP contribution in [0.15, 0.2) is 36.5 Å². The Morgan fingerprint density at radius 2 is 1.17 bits per heavy atom. The third kappa shape index (κ3) is 33.0. The number of unbranched alkanes of at least 4 members (excludes halogenated alkanes) is 19. The van der Waals surface area contributed by atoms with Crippen LogP contribution in [0.25, 0.3) is 0 Å². The highest BCUT2D eigenvalue weighted by Crippen LogP contribution is 2.43. The van der Waals surface area contributed by atoms with Crippen LogP contribution in [0, 0.1) is 0 Å². The van der Waals surface area contributed by atoms with Gasteiger partial charge in [-0.25, -0.2) is 4.57 Å². The second-order valence-corrected chi connectivity index (χ2v) is 14.2. The molecule has 47 heavy (non-hydrogen) atoms. The van der Waals surface area contributed by atoms with Crippen LogP contribution < -0.4 is 11.1 Å². The number of nitrogens with one attached hydrogen (secondary N) is 1. The van der Waals surface area contributed by atoms with Gasteiger partial charge in [-0.1, -0.05) is 147 Å². The first-order valence-electron chi connectivity index (χ1n) is 19.1. The summed E-state index contributed by atoms with van der Waals surface area (Å²) in [5, 5.41) is 13.5. The van der Waals surface area contributed by atoms with Crippen molar-refractivity contribution < 1.29 is 28.4 Å². The summed E-state index contributed by atoms with van der Waals surface area (Å²) in [5.74, 6) is -0.212. The first-order valence-corrected chi connectivity index (χ1v) is 20.6. The Labute approximate surface area is 289 Å². The zero-order chi connectivity index (χ0) is 34.7. The van der Waals surface area contributed by atoms with E-state index in [4.69, 9.17) is 14.8 Å². The van der Waals surface area contributed by atoms with Gasteiger partial charge in [-0.2, -0.15) is 0 Å². The largest absolute Gasteiger partial charge is 0.472 e. The van der Waals surface area contributed by atoms with E-state index in [0.717, 1.165) is 44.9 Å². The number of hydrogen-bond donors (Lipinski definition) is 4. The number of amides is 1. The van der Waals surface area contributed by atoms with E-state index in [-0.39, 0.29) is 25.7 Å². The summed E-state index contributed by atoms with van der Waals surface area (Å²) in [5.41, 5.74) is 5.33. The molecule has 0 saturated heterocycles. The lowest BCUT2D eigenvalue weighted by molar-refractivity contribution is -0.123. The van der Waals surface area contributed by atoms with Gasteiger partial charge in [-0.3, -0.25) is 13.8 Å². The number of aliphatic hydroxyl groups is 1. The zero-order valence-corrected chi connectivity index (χ0v) is 31.2. The number of phosphoric acid groups is 1. The molecule has 0 radical (unpaired) electrons. The molecule has 0 heterocycles. The fourth-order valence-electron chi connectivity index (χ4n) is 5.27. The van der Waals surface area contributed by atoms with Gasteiger partial charge in [0, 0.05) is 13.0 Å². The summed E-state index contributed by atoms with van der Waals surface area (Å²) < 4.78 is 21.9. The van der Waals surface area contributed by atoms with Crippen LogP contribution in [0.5, 0.6) is 0 Å². The molecular weight excluding hydrogens is 611 g/mol. The van der Waals surface area contributed by atoms with E-state index < -0.39 is 20.0 Å². The lowest BCUT2D eigenvalue weighted by atomic mass is 10.0. The Morgan fingerprint density at radius 1 is 0.681 bits per heavy atom. The van der Waals surface area contributed by atoms with Gasteiger partial charge in [0.15, 0.2) is 0 Å². The SMILES string of the molecule is CCC/C=C/CC/C=C/C(O)C(COP(=O)(O)OCCN)NC(=O)CCCCCCCCCCC/C=C\CCCCCCCCCC. The van der Waals surface area contributed by atoms with Gasteiger partial charge in [0.25, 0.3) is 0 Å². The molecule has 0 aromatic rings. The van der Waals surface area contributed by atoms with Crippen LogP contribution in [0.2, 0.25) is 0 Å². The molecule has 0 aliphatic heterocycles. The zero-order valence-electron chi connectivity index (χ0n) is 30.3. The fraction of sp³-hybridized carbons (Fsp3) is 0.816. The Kier molecular flexibility index (Phi) is 33.6. The summed E-state index contributed by atoms with van der Waals surface area (Å²) in [6.07, 6.45) is 39.4. The molecule has 0 aliphatic rings. The minimum Gasteiger partial charge on any atom is -0.387 e. The number of allylic oxidation sites excluding steroid dienone is 5. The van der Waals surface area contributed by atoms with Gasteiger partial charge < -0.3 is 21.1 Å². The van der Waals surface area contributed by atoms with Crippen molar-refractivity contribution in [3.8, 4) is 0 Å². The fourth-order valence-corrected chi connectivity index (χ4v) is 6.03. The van der Waals surface area contributed by atoms with Crippen molar-refractivity contribution in [2.24, 2.45) is 5.73 Å². The average molecular weight is 685 g/mol. The van der Waals surface area contributed by atoms with Crippen molar-refractivity contribution in [2.75, 3.05) is 19.8 Å². The summed E-state index contributed by atoms with van der Waals surface area (Å²) >= 11 is 0. The second kappa shape index (κ2) is 34.6. The van der Waals surface area contributed by atoms with Gasteiger partial charge >= 0.3 is 7.82 Å². The average Bonchev–Trinajstić information content (AvgIpc) is 3.05. The molecule has 3 unspecified atom stereocenters. The molecule has 276 valence electrons. The highest BCUT2D eigenvalue weighted by Gasteiger charge is 2.26. The van der Waals surface area contributed by atoms with Crippen molar-refractivity contribution in [1.82, 2.24) is 5.32 Å². The van der Waals surface area contributed by atoms with Crippen molar-refractivity contribution >= 4 is 13.7 Å². The van der Waals surface area contributed by atoms with E-state index >= 15 is 0 Å². The smallest absolute Gasteiger partial charge is 0.387 e. The Hall–Kier alpha value is -1.28. The highest BCUT2D eigenvalue weighted by atomic mass is 31.2. The monoisotopic (exact) mass is 685 g/mol. The van der Waals surface area contributed by atoms with Crippen LogP contribution in [0.3, 0.4) is 0 Å². The Morgan fingerprint density at radius 3 is 1.72 bits per heavy atom. The standard InChI is InChI=1S/C38H73N2O6P/c1-3-5-7-9-11-12-13-14-15-16-17-18-19-20-21-22-23-24-26-28-30-32-38(42)40-36(35-46-47(43,44)45-34-33-39)37(41)31-29-27-25-10-8-6-4-2/h8,10,16-17,29,31,36-37,41H,3-7,9,11-15,18-28,30,32-35,39H2,1-2H3,(H,40,42)(H,43,44)/b10-8+,17-16-,31-29+. The third-order valence-electron chi connectivity index (χ3n) is 8.17. The number of carbonyl (C=O) groups is 1. The number of rotatable bonds is 35. The summed E-state index contributed by atoms with van der Waals surface area (Å²) in [6, 6.07) is -0.873. The molecule has 0 spiro atoms. The normalized spacial score (nSPS) is 14.7. The molecule has 3 atom stereocenters. The maximum atomic E-state index is 12.6. The second-order valence-electron chi connectivity index (χ2n) is 12.8. The highest BCUT2D eigenvalue weighted by molar-refractivity contribution is 7.47. The first-order chi connectivity index (χ1) is 22.9. The van der Waals surface area contributed by atoms with Crippen molar-refractivity contribution in [3.05, 3.63) is 36.5 Å². The summed E-state index contributed by atoms with van der Waals surface area (Å²) in [4.78, 5) is 22.5. The van der Waals surface area contributed by atoms with Crippen LogP contribution in [-0.4, -0.2) is 47.8 Å². The van der Waals surface area contributed by atoms with Gasteiger partial charge in [0.1, 0.15) is 0 Å². The molecule has 0 aliphatic carbocycles. The van der Waals surface area contributed by atoms with Crippen molar-refractivity contribution in [3.63, 3.8) is 0 Å². The number of carbonyl (C=O) groups excluding carboxylic acids is 1. The van der Waals surface area contributed by atoms with Crippen LogP contribution >= 0.6 is 7.82 Å². The molecule has 0 aromatic heterocycles. The number of hydrogen-bond acceptors (Lipinski definition) is 6. The molecule has 0 fully saturated rings.